The second-order valence-electron chi connectivity index (χ2n) is 9.60. The van der Waals surface area contributed by atoms with Crippen molar-refractivity contribution < 1.29 is 22.8 Å². The molecule has 0 atom stereocenters. The Morgan fingerprint density at radius 3 is 2.55 bits per heavy atom. The largest absolute Gasteiger partial charge is 0.416 e. The van der Waals surface area contributed by atoms with Gasteiger partial charge >= 0.3 is 12.2 Å². The van der Waals surface area contributed by atoms with E-state index >= 15 is 0 Å². The van der Waals surface area contributed by atoms with Crippen LogP contribution in [0.15, 0.2) is 54.7 Å². The minimum Gasteiger partial charge on any atom is -0.325 e. The lowest BCUT2D eigenvalue weighted by atomic mass is 10.1. The number of hydrogen-bond acceptors (Lipinski definition) is 5. The number of urea groups is 1. The Labute approximate surface area is 228 Å². The number of aromatic nitrogens is 3. The van der Waals surface area contributed by atoms with Crippen molar-refractivity contribution in [3.63, 3.8) is 0 Å². The van der Waals surface area contributed by atoms with Gasteiger partial charge in [-0.3, -0.25) is 14.4 Å². The third-order valence-corrected chi connectivity index (χ3v) is 6.66. The summed E-state index contributed by atoms with van der Waals surface area (Å²) < 4.78 is 40.9. The third-order valence-electron chi connectivity index (χ3n) is 6.66. The first-order valence-electron chi connectivity index (χ1n) is 12.3. The van der Waals surface area contributed by atoms with Crippen molar-refractivity contribution in [2.75, 3.05) is 20.9 Å². The number of anilines is 5. The van der Waals surface area contributed by atoms with E-state index in [1.54, 1.807) is 29.1 Å². The highest BCUT2D eigenvalue weighted by Gasteiger charge is 2.31. The summed E-state index contributed by atoms with van der Waals surface area (Å²) in [5, 5.41) is 13.2. The number of carbonyl (C=O) groups is 2. The Hall–Kier alpha value is -4.87. The topological polar surface area (TPSA) is 104 Å². The van der Waals surface area contributed by atoms with Gasteiger partial charge < -0.3 is 16.0 Å². The molecule has 0 saturated heterocycles. The summed E-state index contributed by atoms with van der Waals surface area (Å²) in [4.78, 5) is 32.1. The molecule has 3 heterocycles. The van der Waals surface area contributed by atoms with Gasteiger partial charge in [0, 0.05) is 41.7 Å². The summed E-state index contributed by atoms with van der Waals surface area (Å²) in [6.45, 7) is 5.80. The molecule has 4 aromatic rings. The van der Waals surface area contributed by atoms with Gasteiger partial charge in [-0.2, -0.15) is 18.3 Å². The van der Waals surface area contributed by atoms with Crippen LogP contribution in [0.4, 0.5) is 46.7 Å². The number of alkyl halides is 3. The van der Waals surface area contributed by atoms with Gasteiger partial charge in [0.1, 0.15) is 11.6 Å². The fourth-order valence-corrected chi connectivity index (χ4v) is 4.56. The number of fused-ring (bicyclic) bond motifs is 1. The van der Waals surface area contributed by atoms with Crippen LogP contribution < -0.4 is 20.9 Å². The first-order valence-corrected chi connectivity index (χ1v) is 12.3. The molecule has 1 aliphatic heterocycles. The molecule has 0 radical (unpaired) electrons. The Kier molecular flexibility index (Phi) is 6.70. The lowest BCUT2D eigenvalue weighted by Gasteiger charge is -2.32. The van der Waals surface area contributed by atoms with Crippen molar-refractivity contribution in [3.05, 3.63) is 88.2 Å². The number of pyridine rings is 1. The second-order valence-corrected chi connectivity index (χ2v) is 9.60. The Bertz CT molecular complexity index is 1650. The van der Waals surface area contributed by atoms with E-state index < -0.39 is 17.6 Å². The third kappa shape index (κ3) is 5.20. The van der Waals surface area contributed by atoms with Crippen LogP contribution in [0.3, 0.4) is 0 Å². The minimum atomic E-state index is -4.56. The summed E-state index contributed by atoms with van der Waals surface area (Å²) >= 11 is 0. The molecular formula is C28H26F3N7O2. The maximum Gasteiger partial charge on any atom is 0.416 e. The summed E-state index contributed by atoms with van der Waals surface area (Å²) in [7, 11) is 1.82. The standard InChI is InChI=1S/C28H26F3N7O2/c1-15-8-9-21(33-26(39)18-6-5-7-20(11-18)28(29,30)31)12-22(15)38-14-19-13-32-25(17(3)24(19)35-27(38)40)34-23-10-16(2)36-37(23)4/h5-13H,14H2,1-4H3,(H,32,34)(H,33,39)(H,35,40). The molecule has 1 aliphatic rings. The van der Waals surface area contributed by atoms with Crippen molar-refractivity contribution in [2.24, 2.45) is 7.05 Å². The number of aryl methyl sites for hydroxylation is 3. The molecule has 206 valence electrons. The summed E-state index contributed by atoms with van der Waals surface area (Å²) in [5.41, 5.74) is 3.67. The molecule has 0 spiro atoms. The van der Waals surface area contributed by atoms with Crippen molar-refractivity contribution in [3.8, 4) is 0 Å². The highest BCUT2D eigenvalue weighted by Crippen LogP contribution is 2.35. The van der Waals surface area contributed by atoms with Crippen LogP contribution in [0.1, 0.15) is 38.3 Å². The van der Waals surface area contributed by atoms with Crippen molar-refractivity contribution in [2.45, 2.75) is 33.5 Å². The molecule has 9 nitrogen and oxygen atoms in total. The highest BCUT2D eigenvalue weighted by molar-refractivity contribution is 6.07. The zero-order valence-corrected chi connectivity index (χ0v) is 22.1. The second kappa shape index (κ2) is 10.0. The minimum absolute atomic E-state index is 0.131. The zero-order chi connectivity index (χ0) is 28.8. The molecule has 3 amide bonds. The van der Waals surface area contributed by atoms with E-state index in [9.17, 15) is 22.8 Å². The van der Waals surface area contributed by atoms with Gasteiger partial charge in [-0.25, -0.2) is 9.78 Å². The predicted molar refractivity (Wildman–Crippen MR) is 146 cm³/mol. The average molecular weight is 550 g/mol. The Morgan fingerprint density at radius 2 is 1.85 bits per heavy atom. The van der Waals surface area contributed by atoms with E-state index in [-0.39, 0.29) is 18.1 Å². The SMILES string of the molecule is Cc1cc(Nc2ncc3c(c2C)NC(=O)N(c2cc(NC(=O)c4cccc(C(F)(F)F)c4)ccc2C)C3)n(C)n1. The molecule has 5 rings (SSSR count). The average Bonchev–Trinajstić information content (AvgIpc) is 3.22. The monoisotopic (exact) mass is 549 g/mol. The van der Waals surface area contributed by atoms with Crippen molar-refractivity contribution in [1.29, 1.82) is 0 Å². The molecule has 12 heteroatoms. The number of nitrogens with one attached hydrogen (secondary N) is 3. The van der Waals surface area contributed by atoms with Gasteiger partial charge in [-0.15, -0.1) is 0 Å². The number of halogens is 3. The maximum absolute atomic E-state index is 13.2. The van der Waals surface area contributed by atoms with E-state index in [1.165, 1.54) is 17.0 Å². The van der Waals surface area contributed by atoms with Crippen LogP contribution in [-0.2, 0) is 19.8 Å². The molecule has 0 bridgehead atoms. The summed E-state index contributed by atoms with van der Waals surface area (Å²) in [5.74, 6) is 0.653. The van der Waals surface area contributed by atoms with Crippen LogP contribution in [0.5, 0.6) is 0 Å². The van der Waals surface area contributed by atoms with E-state index in [2.05, 4.69) is 26.0 Å². The van der Waals surface area contributed by atoms with Crippen LogP contribution in [0, 0.1) is 20.8 Å². The van der Waals surface area contributed by atoms with E-state index in [0.717, 1.165) is 40.3 Å². The number of benzene rings is 2. The number of rotatable bonds is 5. The van der Waals surface area contributed by atoms with E-state index in [0.29, 0.717) is 22.9 Å². The molecule has 0 fully saturated rings. The first-order chi connectivity index (χ1) is 18.9. The normalized spacial score (nSPS) is 13.1. The van der Waals surface area contributed by atoms with Crippen LogP contribution in [-0.4, -0.2) is 26.7 Å². The lowest BCUT2D eigenvalue weighted by molar-refractivity contribution is -0.137. The van der Waals surface area contributed by atoms with Gasteiger partial charge in [-0.1, -0.05) is 12.1 Å². The zero-order valence-electron chi connectivity index (χ0n) is 22.1. The summed E-state index contributed by atoms with van der Waals surface area (Å²) in [6.07, 6.45) is -2.87. The highest BCUT2D eigenvalue weighted by atomic mass is 19.4. The van der Waals surface area contributed by atoms with Crippen molar-refractivity contribution >= 4 is 40.6 Å². The molecule has 0 unspecified atom stereocenters. The number of amides is 3. The Balaban J connectivity index is 1.38. The summed E-state index contributed by atoms with van der Waals surface area (Å²) in [6, 6.07) is 10.7. The lowest BCUT2D eigenvalue weighted by Crippen LogP contribution is -2.39. The smallest absolute Gasteiger partial charge is 0.325 e. The molecule has 0 saturated carbocycles. The van der Waals surface area contributed by atoms with Gasteiger partial charge in [0.25, 0.3) is 5.91 Å². The molecule has 3 N–H and O–H groups in total. The number of nitrogens with zero attached hydrogens (tertiary/aromatic N) is 4. The maximum atomic E-state index is 13.2. The fourth-order valence-electron chi connectivity index (χ4n) is 4.56. The first kappa shape index (κ1) is 26.7. The van der Waals surface area contributed by atoms with Gasteiger partial charge in [0.15, 0.2) is 0 Å². The van der Waals surface area contributed by atoms with Crippen LogP contribution >= 0.6 is 0 Å². The molecule has 2 aromatic carbocycles. The van der Waals surface area contributed by atoms with Crippen LogP contribution in [0.25, 0.3) is 0 Å². The van der Waals surface area contributed by atoms with E-state index in [4.69, 9.17) is 0 Å². The molecular weight excluding hydrogens is 523 g/mol. The fraction of sp³-hybridized carbons (Fsp3) is 0.214. The van der Waals surface area contributed by atoms with Gasteiger partial charge in [0.2, 0.25) is 0 Å². The van der Waals surface area contributed by atoms with Gasteiger partial charge in [0.05, 0.1) is 29.2 Å². The number of carbonyl (C=O) groups excluding carboxylic acids is 2. The Morgan fingerprint density at radius 1 is 1.07 bits per heavy atom. The van der Waals surface area contributed by atoms with Crippen LogP contribution in [0.2, 0.25) is 0 Å². The molecule has 40 heavy (non-hydrogen) atoms. The number of hydrogen-bond donors (Lipinski definition) is 3. The van der Waals surface area contributed by atoms with Gasteiger partial charge in [-0.05, 0) is 56.7 Å². The molecule has 2 aromatic heterocycles. The van der Waals surface area contributed by atoms with Crippen molar-refractivity contribution in [1.82, 2.24) is 14.8 Å². The molecule has 0 aliphatic carbocycles. The quantitative estimate of drug-likeness (QED) is 0.271. The van der Waals surface area contributed by atoms with E-state index in [1.807, 2.05) is 33.9 Å². The predicted octanol–water partition coefficient (Wildman–Crippen LogP) is 6.31.